The molecule has 0 fully saturated rings. The first-order chi connectivity index (χ1) is 8.54. The fourth-order valence-electron chi connectivity index (χ4n) is 1.73. The Bertz CT molecular complexity index is 538. The van der Waals surface area contributed by atoms with Gasteiger partial charge in [-0.05, 0) is 12.1 Å². The molecule has 0 bridgehead atoms. The van der Waals surface area contributed by atoms with Gasteiger partial charge in [-0.2, -0.15) is 13.2 Å². The first-order valence-electron chi connectivity index (χ1n) is 5.18. The van der Waals surface area contributed by atoms with Gasteiger partial charge in [0.25, 0.3) is 0 Å². The predicted molar refractivity (Wildman–Crippen MR) is 61.2 cm³/mol. The Kier molecular flexibility index (Phi) is 3.23. The number of hydrogen-bond acceptors (Lipinski definition) is 2. The van der Waals surface area contributed by atoms with Crippen LogP contribution in [0.15, 0.2) is 42.7 Å². The van der Waals surface area contributed by atoms with Gasteiger partial charge in [0.1, 0.15) is 5.75 Å². The van der Waals surface area contributed by atoms with Crippen LogP contribution in [-0.2, 0) is 6.18 Å². The number of rotatable bonds is 2. The maximum absolute atomic E-state index is 12.8. The smallest absolute Gasteiger partial charge is 0.419 e. The van der Waals surface area contributed by atoms with Crippen LogP contribution in [0.2, 0.25) is 0 Å². The number of para-hydroxylation sites is 1. The summed E-state index contributed by atoms with van der Waals surface area (Å²) < 4.78 is 43.4. The van der Waals surface area contributed by atoms with Crippen LogP contribution in [0.1, 0.15) is 5.56 Å². The Morgan fingerprint density at radius 2 is 1.89 bits per heavy atom. The molecule has 2 aromatic rings. The minimum Gasteiger partial charge on any atom is -0.495 e. The van der Waals surface area contributed by atoms with Crippen molar-refractivity contribution in [3.05, 3.63) is 48.3 Å². The molecule has 0 aliphatic heterocycles. The summed E-state index contributed by atoms with van der Waals surface area (Å²) in [5, 5.41) is 0. The van der Waals surface area contributed by atoms with E-state index in [-0.39, 0.29) is 5.75 Å². The second-order valence-electron chi connectivity index (χ2n) is 3.63. The van der Waals surface area contributed by atoms with Crippen LogP contribution in [0.3, 0.4) is 0 Å². The SMILES string of the molecule is COc1c(-c2cccnc2)cccc1C(F)(F)F. The van der Waals surface area contributed by atoms with Crippen molar-refractivity contribution >= 4 is 0 Å². The lowest BCUT2D eigenvalue weighted by Crippen LogP contribution is -2.08. The van der Waals surface area contributed by atoms with Crippen molar-refractivity contribution in [3.63, 3.8) is 0 Å². The van der Waals surface area contributed by atoms with Gasteiger partial charge in [-0.1, -0.05) is 18.2 Å². The summed E-state index contributed by atoms with van der Waals surface area (Å²) in [5.41, 5.74) is 0.173. The van der Waals surface area contributed by atoms with Gasteiger partial charge in [0, 0.05) is 23.5 Å². The second kappa shape index (κ2) is 4.68. The second-order valence-corrected chi connectivity index (χ2v) is 3.63. The van der Waals surface area contributed by atoms with E-state index in [1.165, 1.54) is 19.4 Å². The van der Waals surface area contributed by atoms with E-state index in [1.807, 2.05) is 0 Å². The van der Waals surface area contributed by atoms with Crippen molar-refractivity contribution in [1.29, 1.82) is 0 Å². The highest BCUT2D eigenvalue weighted by molar-refractivity contribution is 5.71. The maximum Gasteiger partial charge on any atom is 0.419 e. The lowest BCUT2D eigenvalue weighted by atomic mass is 10.0. The van der Waals surface area contributed by atoms with E-state index >= 15 is 0 Å². The first-order valence-corrected chi connectivity index (χ1v) is 5.18. The zero-order valence-corrected chi connectivity index (χ0v) is 9.53. The van der Waals surface area contributed by atoms with Crippen LogP contribution in [-0.4, -0.2) is 12.1 Å². The summed E-state index contributed by atoms with van der Waals surface area (Å²) >= 11 is 0. The number of methoxy groups -OCH3 is 1. The monoisotopic (exact) mass is 253 g/mol. The standard InChI is InChI=1S/C13H10F3NO/c1-18-12-10(9-4-3-7-17-8-9)5-2-6-11(12)13(14,15)16/h2-8H,1H3. The molecule has 1 aromatic carbocycles. The normalized spacial score (nSPS) is 11.3. The van der Waals surface area contributed by atoms with Gasteiger partial charge >= 0.3 is 6.18 Å². The van der Waals surface area contributed by atoms with Crippen molar-refractivity contribution in [3.8, 4) is 16.9 Å². The summed E-state index contributed by atoms with van der Waals surface area (Å²) in [4.78, 5) is 3.89. The van der Waals surface area contributed by atoms with Gasteiger partial charge in [0.05, 0.1) is 12.7 Å². The van der Waals surface area contributed by atoms with Gasteiger partial charge in [-0.3, -0.25) is 4.98 Å². The molecule has 0 aliphatic rings. The highest BCUT2D eigenvalue weighted by Crippen LogP contribution is 2.41. The third kappa shape index (κ3) is 2.30. The van der Waals surface area contributed by atoms with Crippen molar-refractivity contribution in [1.82, 2.24) is 4.98 Å². The predicted octanol–water partition coefficient (Wildman–Crippen LogP) is 3.78. The summed E-state index contributed by atoms with van der Waals surface area (Å²) in [6, 6.07) is 7.28. The minimum absolute atomic E-state index is 0.182. The fourth-order valence-corrected chi connectivity index (χ4v) is 1.73. The Labute approximate surface area is 102 Å². The first kappa shape index (κ1) is 12.4. The molecule has 94 valence electrons. The third-order valence-electron chi connectivity index (χ3n) is 2.50. The number of hydrogen-bond donors (Lipinski definition) is 0. The summed E-state index contributed by atoms with van der Waals surface area (Å²) in [6.07, 6.45) is -1.38. The van der Waals surface area contributed by atoms with E-state index in [1.54, 1.807) is 24.4 Å². The summed E-state index contributed by atoms with van der Waals surface area (Å²) in [5.74, 6) is -0.182. The number of halogens is 3. The molecular formula is C13H10F3NO. The number of ether oxygens (including phenoxy) is 1. The molecule has 0 aliphatic carbocycles. The average molecular weight is 253 g/mol. The molecule has 2 rings (SSSR count). The Morgan fingerprint density at radius 3 is 2.44 bits per heavy atom. The third-order valence-corrected chi connectivity index (χ3v) is 2.50. The topological polar surface area (TPSA) is 22.1 Å². The Morgan fingerprint density at radius 1 is 1.11 bits per heavy atom. The van der Waals surface area contributed by atoms with Crippen LogP contribution < -0.4 is 4.74 Å². The molecule has 1 aromatic heterocycles. The number of aromatic nitrogens is 1. The van der Waals surface area contributed by atoms with Crippen molar-refractivity contribution in [2.45, 2.75) is 6.18 Å². The number of pyridine rings is 1. The molecule has 1 heterocycles. The molecule has 0 spiro atoms. The van der Waals surface area contributed by atoms with Gasteiger partial charge in [-0.25, -0.2) is 0 Å². The van der Waals surface area contributed by atoms with E-state index in [0.29, 0.717) is 11.1 Å². The Hall–Kier alpha value is -2.04. The minimum atomic E-state index is -4.44. The zero-order chi connectivity index (χ0) is 13.2. The average Bonchev–Trinajstić information content (AvgIpc) is 2.37. The van der Waals surface area contributed by atoms with E-state index in [2.05, 4.69) is 4.98 Å². The van der Waals surface area contributed by atoms with Crippen LogP contribution in [0.5, 0.6) is 5.75 Å². The number of benzene rings is 1. The van der Waals surface area contributed by atoms with Crippen LogP contribution in [0.4, 0.5) is 13.2 Å². The molecule has 0 saturated carbocycles. The molecule has 0 saturated heterocycles. The fraction of sp³-hybridized carbons (Fsp3) is 0.154. The van der Waals surface area contributed by atoms with Crippen LogP contribution >= 0.6 is 0 Å². The van der Waals surface area contributed by atoms with E-state index in [0.717, 1.165) is 6.07 Å². The summed E-state index contributed by atoms with van der Waals surface area (Å²) in [6.45, 7) is 0. The molecule has 0 radical (unpaired) electrons. The maximum atomic E-state index is 12.8. The largest absolute Gasteiger partial charge is 0.495 e. The lowest BCUT2D eigenvalue weighted by Gasteiger charge is -2.15. The summed E-state index contributed by atoms with van der Waals surface area (Å²) in [7, 11) is 1.23. The molecular weight excluding hydrogens is 243 g/mol. The molecule has 0 atom stereocenters. The van der Waals surface area contributed by atoms with E-state index in [9.17, 15) is 13.2 Å². The van der Waals surface area contributed by atoms with Crippen molar-refractivity contribution < 1.29 is 17.9 Å². The number of nitrogens with zero attached hydrogens (tertiary/aromatic N) is 1. The van der Waals surface area contributed by atoms with Gasteiger partial charge in [0.2, 0.25) is 0 Å². The highest BCUT2D eigenvalue weighted by Gasteiger charge is 2.35. The molecule has 0 amide bonds. The highest BCUT2D eigenvalue weighted by atomic mass is 19.4. The van der Waals surface area contributed by atoms with Crippen molar-refractivity contribution in [2.75, 3.05) is 7.11 Å². The van der Waals surface area contributed by atoms with Gasteiger partial charge in [-0.15, -0.1) is 0 Å². The van der Waals surface area contributed by atoms with Crippen LogP contribution in [0, 0.1) is 0 Å². The van der Waals surface area contributed by atoms with Gasteiger partial charge in [0.15, 0.2) is 0 Å². The van der Waals surface area contributed by atoms with Gasteiger partial charge < -0.3 is 4.74 Å². The molecule has 5 heteroatoms. The molecule has 18 heavy (non-hydrogen) atoms. The lowest BCUT2D eigenvalue weighted by molar-refractivity contribution is -0.138. The van der Waals surface area contributed by atoms with Crippen molar-refractivity contribution in [2.24, 2.45) is 0 Å². The van der Waals surface area contributed by atoms with Crippen LogP contribution in [0.25, 0.3) is 11.1 Å². The number of alkyl halides is 3. The molecule has 0 N–H and O–H groups in total. The molecule has 2 nitrogen and oxygen atoms in total. The quantitative estimate of drug-likeness (QED) is 0.812. The zero-order valence-electron chi connectivity index (χ0n) is 9.53. The van der Waals surface area contributed by atoms with E-state index in [4.69, 9.17) is 4.74 Å². The van der Waals surface area contributed by atoms with E-state index < -0.39 is 11.7 Å². The Balaban J connectivity index is 2.63. The molecule has 0 unspecified atom stereocenters.